The summed E-state index contributed by atoms with van der Waals surface area (Å²) in [6, 6.07) is 12.7. The Kier molecular flexibility index (Phi) is 7.48. The number of ether oxygens (including phenoxy) is 2. The van der Waals surface area contributed by atoms with Gasteiger partial charge in [0.15, 0.2) is 6.61 Å². The molecule has 8 heteroatoms. The molecule has 0 unspecified atom stereocenters. The van der Waals surface area contributed by atoms with E-state index in [4.69, 9.17) is 9.47 Å². The van der Waals surface area contributed by atoms with Crippen molar-refractivity contribution in [2.75, 3.05) is 20.8 Å². The van der Waals surface area contributed by atoms with Gasteiger partial charge in [-0.15, -0.1) is 0 Å². The molecule has 3 amide bonds. The maximum atomic E-state index is 13.0. The molecular weight excluding hydrogens is 424 g/mol. The first kappa shape index (κ1) is 24.0. The molecule has 1 heterocycles. The third-order valence-electron chi connectivity index (χ3n) is 5.89. The summed E-state index contributed by atoms with van der Waals surface area (Å²) in [6.07, 6.45) is 0.537. The zero-order chi connectivity index (χ0) is 24.1. The standard InChI is InChI=1S/C25H28N2O6/c1-5-16(2)22(27-23(29)18-11-7-8-12-19(18)24(27)30)25(31)33-15-21(28)26(3)14-17-10-6-9-13-20(17)32-4/h6-13,16,22H,5,14-15H2,1-4H3/t16-,22-/m0/s1. The van der Waals surface area contributed by atoms with Crippen LogP contribution in [0.15, 0.2) is 48.5 Å². The van der Waals surface area contributed by atoms with E-state index in [0.717, 1.165) is 10.5 Å². The number of hydrogen-bond donors (Lipinski definition) is 0. The van der Waals surface area contributed by atoms with Crippen molar-refractivity contribution in [3.05, 3.63) is 65.2 Å². The first-order valence-electron chi connectivity index (χ1n) is 10.8. The fourth-order valence-corrected chi connectivity index (χ4v) is 3.78. The minimum atomic E-state index is -1.12. The molecule has 0 radical (unpaired) electrons. The number of amides is 3. The molecule has 0 saturated heterocycles. The highest BCUT2D eigenvalue weighted by molar-refractivity contribution is 6.22. The van der Waals surface area contributed by atoms with Crippen LogP contribution in [0, 0.1) is 5.92 Å². The number of nitrogens with zero attached hydrogens (tertiary/aromatic N) is 2. The number of para-hydroxylation sites is 1. The first-order valence-corrected chi connectivity index (χ1v) is 10.8. The molecule has 174 valence electrons. The topological polar surface area (TPSA) is 93.2 Å². The SMILES string of the molecule is CC[C@H](C)[C@@H](C(=O)OCC(=O)N(C)Cc1ccccc1OC)N1C(=O)c2ccccc2C1=O. The normalized spacial score (nSPS) is 14.5. The second-order valence-corrected chi connectivity index (χ2v) is 8.03. The lowest BCUT2D eigenvalue weighted by Gasteiger charge is -2.29. The largest absolute Gasteiger partial charge is 0.496 e. The van der Waals surface area contributed by atoms with Gasteiger partial charge in [0.2, 0.25) is 0 Å². The molecule has 3 rings (SSSR count). The molecule has 2 aromatic carbocycles. The third kappa shape index (κ3) is 4.89. The quantitative estimate of drug-likeness (QED) is 0.429. The van der Waals surface area contributed by atoms with Crippen LogP contribution in [-0.4, -0.2) is 60.3 Å². The van der Waals surface area contributed by atoms with E-state index >= 15 is 0 Å². The Morgan fingerprint density at radius 1 is 1.00 bits per heavy atom. The number of carbonyl (C=O) groups is 4. The maximum absolute atomic E-state index is 13.0. The summed E-state index contributed by atoms with van der Waals surface area (Å²) < 4.78 is 10.6. The maximum Gasteiger partial charge on any atom is 0.330 e. The van der Waals surface area contributed by atoms with E-state index in [2.05, 4.69) is 0 Å². The molecule has 0 saturated carbocycles. The highest BCUT2D eigenvalue weighted by atomic mass is 16.5. The Labute approximate surface area is 193 Å². The van der Waals surface area contributed by atoms with E-state index in [0.29, 0.717) is 12.2 Å². The summed E-state index contributed by atoms with van der Waals surface area (Å²) in [5.74, 6) is -1.95. The van der Waals surface area contributed by atoms with Crippen LogP contribution in [0.5, 0.6) is 5.75 Å². The Balaban J connectivity index is 1.69. The summed E-state index contributed by atoms with van der Waals surface area (Å²) in [7, 11) is 3.15. The van der Waals surface area contributed by atoms with Crippen LogP contribution < -0.4 is 4.74 Å². The van der Waals surface area contributed by atoms with Crippen LogP contribution in [0.2, 0.25) is 0 Å². The van der Waals surface area contributed by atoms with E-state index in [1.807, 2.05) is 25.1 Å². The molecular formula is C25H28N2O6. The molecule has 0 spiro atoms. The van der Waals surface area contributed by atoms with E-state index in [-0.39, 0.29) is 23.6 Å². The van der Waals surface area contributed by atoms with Crippen LogP contribution in [0.3, 0.4) is 0 Å². The van der Waals surface area contributed by atoms with Crippen LogP contribution in [0.25, 0.3) is 0 Å². The van der Waals surface area contributed by atoms with Crippen molar-refractivity contribution >= 4 is 23.7 Å². The molecule has 8 nitrogen and oxygen atoms in total. The van der Waals surface area contributed by atoms with Gasteiger partial charge in [0.05, 0.1) is 18.2 Å². The molecule has 1 aliphatic rings. The van der Waals surface area contributed by atoms with Gasteiger partial charge < -0.3 is 14.4 Å². The summed E-state index contributed by atoms with van der Waals surface area (Å²) in [5.41, 5.74) is 1.33. The van der Waals surface area contributed by atoms with Crippen molar-refractivity contribution in [1.82, 2.24) is 9.80 Å². The Bertz CT molecular complexity index is 1030. The van der Waals surface area contributed by atoms with E-state index in [9.17, 15) is 19.2 Å². The van der Waals surface area contributed by atoms with Gasteiger partial charge >= 0.3 is 5.97 Å². The Morgan fingerprint density at radius 2 is 1.58 bits per heavy atom. The average Bonchev–Trinajstić information content (AvgIpc) is 3.08. The summed E-state index contributed by atoms with van der Waals surface area (Å²) in [5, 5.41) is 0. The molecule has 33 heavy (non-hydrogen) atoms. The van der Waals surface area contributed by atoms with Crippen molar-refractivity contribution in [3.63, 3.8) is 0 Å². The monoisotopic (exact) mass is 452 g/mol. The van der Waals surface area contributed by atoms with Crippen LogP contribution in [-0.2, 0) is 20.9 Å². The van der Waals surface area contributed by atoms with E-state index in [1.165, 1.54) is 4.90 Å². The lowest BCUT2D eigenvalue weighted by atomic mass is 9.97. The Hall–Kier alpha value is -3.68. The number of rotatable bonds is 9. The lowest BCUT2D eigenvalue weighted by Crippen LogP contribution is -2.49. The molecule has 0 aliphatic carbocycles. The van der Waals surface area contributed by atoms with Gasteiger partial charge in [-0.05, 0) is 24.1 Å². The zero-order valence-electron chi connectivity index (χ0n) is 19.2. The summed E-state index contributed by atoms with van der Waals surface area (Å²) in [4.78, 5) is 53.8. The fraction of sp³-hybridized carbons (Fsp3) is 0.360. The van der Waals surface area contributed by atoms with Crippen molar-refractivity contribution in [2.45, 2.75) is 32.9 Å². The zero-order valence-corrected chi connectivity index (χ0v) is 19.2. The van der Waals surface area contributed by atoms with Crippen molar-refractivity contribution in [1.29, 1.82) is 0 Å². The second kappa shape index (κ2) is 10.3. The van der Waals surface area contributed by atoms with E-state index < -0.39 is 36.3 Å². The van der Waals surface area contributed by atoms with Gasteiger partial charge in [-0.1, -0.05) is 50.6 Å². The second-order valence-electron chi connectivity index (χ2n) is 8.03. The number of hydrogen-bond acceptors (Lipinski definition) is 6. The number of likely N-dealkylation sites (N-methyl/N-ethyl adjacent to an activating group) is 1. The van der Waals surface area contributed by atoms with Crippen LogP contribution in [0.4, 0.5) is 0 Å². The number of methoxy groups -OCH3 is 1. The lowest BCUT2D eigenvalue weighted by molar-refractivity contribution is -0.156. The van der Waals surface area contributed by atoms with Crippen molar-refractivity contribution < 1.29 is 28.7 Å². The van der Waals surface area contributed by atoms with Gasteiger partial charge in [-0.25, -0.2) is 4.79 Å². The fourth-order valence-electron chi connectivity index (χ4n) is 3.78. The molecule has 2 aromatic rings. The number of benzene rings is 2. The molecule has 0 fully saturated rings. The predicted molar refractivity (Wildman–Crippen MR) is 121 cm³/mol. The molecule has 1 aliphatic heterocycles. The smallest absolute Gasteiger partial charge is 0.330 e. The third-order valence-corrected chi connectivity index (χ3v) is 5.89. The number of imide groups is 1. The van der Waals surface area contributed by atoms with E-state index in [1.54, 1.807) is 51.4 Å². The van der Waals surface area contributed by atoms with Gasteiger partial charge in [-0.2, -0.15) is 0 Å². The molecule has 0 bridgehead atoms. The van der Waals surface area contributed by atoms with Gasteiger partial charge in [0.25, 0.3) is 17.7 Å². The van der Waals surface area contributed by atoms with Crippen LogP contribution >= 0.6 is 0 Å². The number of carbonyl (C=O) groups excluding carboxylic acids is 4. The predicted octanol–water partition coefficient (Wildman–Crippen LogP) is 2.91. The molecule has 0 N–H and O–H groups in total. The minimum Gasteiger partial charge on any atom is -0.496 e. The molecule has 0 aromatic heterocycles. The molecule has 2 atom stereocenters. The van der Waals surface area contributed by atoms with Crippen LogP contribution in [0.1, 0.15) is 46.5 Å². The number of fused-ring (bicyclic) bond motifs is 1. The average molecular weight is 453 g/mol. The minimum absolute atomic E-state index is 0.260. The van der Waals surface area contributed by atoms with Crippen molar-refractivity contribution in [3.8, 4) is 5.75 Å². The summed E-state index contributed by atoms with van der Waals surface area (Å²) >= 11 is 0. The van der Waals surface area contributed by atoms with Gasteiger partial charge in [-0.3, -0.25) is 19.3 Å². The van der Waals surface area contributed by atoms with Gasteiger partial charge in [0, 0.05) is 19.2 Å². The van der Waals surface area contributed by atoms with Crippen molar-refractivity contribution in [2.24, 2.45) is 5.92 Å². The Morgan fingerprint density at radius 3 is 2.15 bits per heavy atom. The number of esters is 1. The summed E-state index contributed by atoms with van der Waals surface area (Å²) in [6.45, 7) is 3.40. The first-order chi connectivity index (χ1) is 15.8. The highest BCUT2D eigenvalue weighted by Crippen LogP contribution is 2.28. The van der Waals surface area contributed by atoms with Gasteiger partial charge in [0.1, 0.15) is 11.8 Å². The highest BCUT2D eigenvalue weighted by Gasteiger charge is 2.45.